The molecular formula is C11H15BrClN3. The Morgan fingerprint density at radius 3 is 3.06 bits per heavy atom. The Labute approximate surface area is 109 Å². The van der Waals surface area contributed by atoms with E-state index in [1.54, 1.807) is 6.20 Å². The van der Waals surface area contributed by atoms with Gasteiger partial charge in [-0.05, 0) is 45.8 Å². The molecule has 0 bridgehead atoms. The molecule has 0 aliphatic heterocycles. The Morgan fingerprint density at radius 2 is 2.38 bits per heavy atom. The third kappa shape index (κ3) is 2.86. The van der Waals surface area contributed by atoms with Crippen molar-refractivity contribution in [1.82, 2.24) is 9.97 Å². The SMILES string of the molecule is CC1CCCC1CNc1nc(Cl)ncc1Br. The Kier molecular flexibility index (Phi) is 4.03. The zero-order chi connectivity index (χ0) is 11.5. The molecule has 1 aliphatic carbocycles. The molecule has 1 aromatic heterocycles. The first-order valence-electron chi connectivity index (χ1n) is 5.58. The van der Waals surface area contributed by atoms with Gasteiger partial charge in [-0.3, -0.25) is 0 Å². The van der Waals surface area contributed by atoms with Crippen LogP contribution < -0.4 is 5.32 Å². The molecule has 1 aliphatic rings. The molecule has 0 spiro atoms. The number of nitrogens with zero attached hydrogens (tertiary/aromatic N) is 2. The predicted octanol–water partition coefficient (Wildman–Crippen LogP) is 3.74. The van der Waals surface area contributed by atoms with E-state index >= 15 is 0 Å². The summed E-state index contributed by atoms with van der Waals surface area (Å²) in [6.07, 6.45) is 5.68. The molecule has 1 heterocycles. The maximum absolute atomic E-state index is 5.76. The van der Waals surface area contributed by atoms with E-state index in [2.05, 4.69) is 38.1 Å². The van der Waals surface area contributed by atoms with Crippen LogP contribution in [0.1, 0.15) is 26.2 Å². The van der Waals surface area contributed by atoms with Crippen LogP contribution in [0.5, 0.6) is 0 Å². The Morgan fingerprint density at radius 1 is 1.56 bits per heavy atom. The molecule has 16 heavy (non-hydrogen) atoms. The van der Waals surface area contributed by atoms with E-state index in [0.717, 1.165) is 28.7 Å². The molecule has 0 saturated heterocycles. The molecule has 1 fully saturated rings. The van der Waals surface area contributed by atoms with Crippen molar-refractivity contribution in [2.24, 2.45) is 11.8 Å². The molecule has 0 radical (unpaired) electrons. The van der Waals surface area contributed by atoms with Crippen LogP contribution in [0.3, 0.4) is 0 Å². The van der Waals surface area contributed by atoms with Crippen LogP contribution in [-0.2, 0) is 0 Å². The quantitative estimate of drug-likeness (QED) is 0.864. The summed E-state index contributed by atoms with van der Waals surface area (Å²) < 4.78 is 0.863. The van der Waals surface area contributed by atoms with Gasteiger partial charge in [-0.1, -0.05) is 19.8 Å². The summed E-state index contributed by atoms with van der Waals surface area (Å²) in [5, 5.41) is 3.63. The highest BCUT2D eigenvalue weighted by molar-refractivity contribution is 9.10. The van der Waals surface area contributed by atoms with Gasteiger partial charge in [0.15, 0.2) is 0 Å². The summed E-state index contributed by atoms with van der Waals surface area (Å²) >= 11 is 9.17. The standard InChI is InChI=1S/C11H15BrClN3/c1-7-3-2-4-8(7)5-14-10-9(12)6-15-11(13)16-10/h6-8H,2-5H2,1H3,(H,14,15,16). The van der Waals surface area contributed by atoms with Gasteiger partial charge in [0.2, 0.25) is 5.28 Å². The van der Waals surface area contributed by atoms with Crippen molar-refractivity contribution in [2.75, 3.05) is 11.9 Å². The third-order valence-electron chi connectivity index (χ3n) is 3.29. The highest BCUT2D eigenvalue weighted by atomic mass is 79.9. The van der Waals surface area contributed by atoms with Gasteiger partial charge >= 0.3 is 0 Å². The second kappa shape index (κ2) is 5.32. The van der Waals surface area contributed by atoms with Crippen LogP contribution in [0, 0.1) is 11.8 Å². The monoisotopic (exact) mass is 303 g/mol. The lowest BCUT2D eigenvalue weighted by Gasteiger charge is -2.16. The average Bonchev–Trinajstić information content (AvgIpc) is 2.66. The van der Waals surface area contributed by atoms with Gasteiger partial charge in [0, 0.05) is 12.7 Å². The zero-order valence-corrected chi connectivity index (χ0v) is 11.6. The van der Waals surface area contributed by atoms with E-state index in [9.17, 15) is 0 Å². The number of nitrogens with one attached hydrogen (secondary N) is 1. The molecule has 0 aromatic carbocycles. The van der Waals surface area contributed by atoms with Gasteiger partial charge < -0.3 is 5.32 Å². The van der Waals surface area contributed by atoms with Crippen LogP contribution in [0.2, 0.25) is 5.28 Å². The molecule has 0 amide bonds. The Balaban J connectivity index is 1.96. The molecule has 1 saturated carbocycles. The van der Waals surface area contributed by atoms with E-state index in [4.69, 9.17) is 11.6 Å². The van der Waals surface area contributed by atoms with Gasteiger partial charge in [-0.15, -0.1) is 0 Å². The maximum atomic E-state index is 5.76. The second-order valence-electron chi connectivity index (χ2n) is 4.38. The molecule has 2 atom stereocenters. The first-order valence-corrected chi connectivity index (χ1v) is 6.76. The van der Waals surface area contributed by atoms with Crippen molar-refractivity contribution >= 4 is 33.3 Å². The second-order valence-corrected chi connectivity index (χ2v) is 5.58. The number of aromatic nitrogens is 2. The molecule has 3 nitrogen and oxygen atoms in total. The highest BCUT2D eigenvalue weighted by Gasteiger charge is 2.23. The largest absolute Gasteiger partial charge is 0.369 e. The maximum Gasteiger partial charge on any atom is 0.224 e. The molecule has 5 heteroatoms. The lowest BCUT2D eigenvalue weighted by atomic mass is 9.98. The van der Waals surface area contributed by atoms with Gasteiger partial charge in [0.1, 0.15) is 5.82 Å². The van der Waals surface area contributed by atoms with Gasteiger partial charge in [-0.25, -0.2) is 4.98 Å². The van der Waals surface area contributed by atoms with E-state index in [1.807, 2.05) is 0 Å². The van der Waals surface area contributed by atoms with Crippen LogP contribution in [-0.4, -0.2) is 16.5 Å². The number of hydrogen-bond acceptors (Lipinski definition) is 3. The van der Waals surface area contributed by atoms with Crippen molar-refractivity contribution in [3.05, 3.63) is 16.0 Å². The highest BCUT2D eigenvalue weighted by Crippen LogP contribution is 2.31. The molecule has 1 N–H and O–H groups in total. The summed E-state index contributed by atoms with van der Waals surface area (Å²) in [4.78, 5) is 8.06. The predicted molar refractivity (Wildman–Crippen MR) is 69.7 cm³/mol. The van der Waals surface area contributed by atoms with E-state index in [0.29, 0.717) is 0 Å². The van der Waals surface area contributed by atoms with E-state index in [-0.39, 0.29) is 5.28 Å². The van der Waals surface area contributed by atoms with Gasteiger partial charge in [0.05, 0.1) is 4.47 Å². The van der Waals surface area contributed by atoms with Gasteiger partial charge in [0.25, 0.3) is 0 Å². The van der Waals surface area contributed by atoms with E-state index in [1.165, 1.54) is 19.3 Å². The van der Waals surface area contributed by atoms with Crippen molar-refractivity contribution in [2.45, 2.75) is 26.2 Å². The minimum absolute atomic E-state index is 0.283. The summed E-state index contributed by atoms with van der Waals surface area (Å²) in [6.45, 7) is 3.29. The van der Waals surface area contributed by atoms with Crippen LogP contribution in [0.4, 0.5) is 5.82 Å². The third-order valence-corrected chi connectivity index (χ3v) is 4.05. The molecule has 2 unspecified atom stereocenters. The normalized spacial score (nSPS) is 24.7. The minimum Gasteiger partial charge on any atom is -0.369 e. The lowest BCUT2D eigenvalue weighted by molar-refractivity contribution is 0.439. The number of rotatable bonds is 3. The zero-order valence-electron chi connectivity index (χ0n) is 9.21. The van der Waals surface area contributed by atoms with E-state index < -0.39 is 0 Å². The Bertz CT molecular complexity index is 372. The molecule has 88 valence electrons. The summed E-state index contributed by atoms with van der Waals surface area (Å²) in [7, 11) is 0. The summed E-state index contributed by atoms with van der Waals surface area (Å²) in [5.74, 6) is 2.35. The number of hydrogen-bond donors (Lipinski definition) is 1. The van der Waals surface area contributed by atoms with Crippen LogP contribution >= 0.6 is 27.5 Å². The summed E-state index contributed by atoms with van der Waals surface area (Å²) in [6, 6.07) is 0. The fourth-order valence-electron chi connectivity index (χ4n) is 2.22. The van der Waals surface area contributed by atoms with Gasteiger partial charge in [-0.2, -0.15) is 4.98 Å². The molecular weight excluding hydrogens is 289 g/mol. The lowest BCUT2D eigenvalue weighted by Crippen LogP contribution is -2.17. The van der Waals surface area contributed by atoms with Crippen LogP contribution in [0.25, 0.3) is 0 Å². The smallest absolute Gasteiger partial charge is 0.224 e. The first-order chi connectivity index (χ1) is 7.66. The minimum atomic E-state index is 0.283. The van der Waals surface area contributed by atoms with Crippen molar-refractivity contribution in [3.8, 4) is 0 Å². The Hall–Kier alpha value is -0.350. The number of anilines is 1. The average molecular weight is 305 g/mol. The first kappa shape index (κ1) is 12.1. The topological polar surface area (TPSA) is 37.8 Å². The van der Waals surface area contributed by atoms with Crippen LogP contribution in [0.15, 0.2) is 10.7 Å². The molecule has 1 aromatic rings. The fraction of sp³-hybridized carbons (Fsp3) is 0.636. The van der Waals surface area contributed by atoms with Crippen molar-refractivity contribution < 1.29 is 0 Å². The fourth-order valence-corrected chi connectivity index (χ4v) is 2.69. The summed E-state index contributed by atoms with van der Waals surface area (Å²) in [5.41, 5.74) is 0. The van der Waals surface area contributed by atoms with Crippen molar-refractivity contribution in [1.29, 1.82) is 0 Å². The molecule has 2 rings (SSSR count). The number of halogens is 2. The van der Waals surface area contributed by atoms with Crippen molar-refractivity contribution in [3.63, 3.8) is 0 Å².